The van der Waals surface area contributed by atoms with E-state index in [1.807, 2.05) is 20.8 Å². The van der Waals surface area contributed by atoms with Crippen LogP contribution in [0, 0.1) is 5.41 Å². The summed E-state index contributed by atoms with van der Waals surface area (Å²) >= 11 is 0. The smallest absolute Gasteiger partial charge is 0.410 e. The molecule has 0 aliphatic carbocycles. The molecule has 108 valence electrons. The molecule has 1 spiro atoms. The van der Waals surface area contributed by atoms with Crippen LogP contribution in [0.3, 0.4) is 0 Å². The molecule has 2 rings (SSSR count). The fraction of sp³-hybridized carbons (Fsp3) is 0.857. The molecule has 1 N–H and O–H groups in total. The van der Waals surface area contributed by atoms with E-state index < -0.39 is 5.60 Å². The lowest BCUT2D eigenvalue weighted by atomic mass is 9.71. The Kier molecular flexibility index (Phi) is 3.74. The zero-order valence-corrected chi connectivity index (χ0v) is 12.1. The third-order valence-corrected chi connectivity index (χ3v) is 3.99. The molecule has 2 fully saturated rings. The van der Waals surface area contributed by atoms with Crippen molar-refractivity contribution >= 4 is 12.0 Å². The van der Waals surface area contributed by atoms with Crippen LogP contribution in [0.2, 0.25) is 0 Å². The highest BCUT2D eigenvalue weighted by Gasteiger charge is 2.40. The predicted octanol–water partition coefficient (Wildman–Crippen LogP) is 1.91. The summed E-state index contributed by atoms with van der Waals surface area (Å²) in [6.07, 6.45) is 3.21. The number of rotatable bonds is 0. The second kappa shape index (κ2) is 5.02. The monoisotopic (exact) mass is 268 g/mol. The molecule has 19 heavy (non-hydrogen) atoms. The van der Waals surface area contributed by atoms with Crippen molar-refractivity contribution in [2.45, 2.75) is 52.1 Å². The van der Waals surface area contributed by atoms with Gasteiger partial charge in [0.2, 0.25) is 5.91 Å². The average Bonchev–Trinajstić information content (AvgIpc) is 2.27. The molecule has 0 aromatic heterocycles. The van der Waals surface area contributed by atoms with Crippen LogP contribution < -0.4 is 5.32 Å². The maximum Gasteiger partial charge on any atom is 0.410 e. The van der Waals surface area contributed by atoms with Gasteiger partial charge in [-0.1, -0.05) is 0 Å². The highest BCUT2D eigenvalue weighted by Crippen LogP contribution is 2.40. The van der Waals surface area contributed by atoms with E-state index in [2.05, 4.69) is 5.32 Å². The lowest BCUT2D eigenvalue weighted by Gasteiger charge is -2.43. The van der Waals surface area contributed by atoms with Gasteiger partial charge >= 0.3 is 6.09 Å². The minimum atomic E-state index is -0.447. The molecule has 2 amide bonds. The number of hydrogen-bond donors (Lipinski definition) is 1. The van der Waals surface area contributed by atoms with E-state index in [9.17, 15) is 9.59 Å². The number of carbonyl (C=O) groups excluding carboxylic acids is 2. The summed E-state index contributed by atoms with van der Waals surface area (Å²) in [6, 6.07) is 0. The van der Waals surface area contributed by atoms with Gasteiger partial charge in [-0.2, -0.15) is 0 Å². The summed E-state index contributed by atoms with van der Waals surface area (Å²) in [7, 11) is 0. The van der Waals surface area contributed by atoms with E-state index in [0.29, 0.717) is 19.5 Å². The fourth-order valence-corrected chi connectivity index (χ4v) is 2.88. The highest BCUT2D eigenvalue weighted by molar-refractivity contribution is 5.77. The van der Waals surface area contributed by atoms with Crippen LogP contribution in [0.25, 0.3) is 0 Å². The quantitative estimate of drug-likeness (QED) is 0.730. The standard InChI is InChI=1S/C14H24N2O3/c1-13(2,3)19-12(18)16-8-5-14(6-9-16)4-7-15-11(17)10-14/h4-10H2,1-3H3,(H,15,17). The van der Waals surface area contributed by atoms with Crippen LogP contribution in [0.5, 0.6) is 0 Å². The van der Waals surface area contributed by atoms with E-state index in [4.69, 9.17) is 4.74 Å². The van der Waals surface area contributed by atoms with Gasteiger partial charge in [0.05, 0.1) is 0 Å². The van der Waals surface area contributed by atoms with Crippen molar-refractivity contribution in [2.75, 3.05) is 19.6 Å². The number of nitrogens with zero attached hydrogens (tertiary/aromatic N) is 1. The van der Waals surface area contributed by atoms with Crippen LogP contribution in [-0.2, 0) is 9.53 Å². The SMILES string of the molecule is CC(C)(C)OC(=O)N1CCC2(CCNC(=O)C2)CC1. The Morgan fingerprint density at radius 2 is 1.89 bits per heavy atom. The van der Waals surface area contributed by atoms with Crippen molar-refractivity contribution in [3.8, 4) is 0 Å². The molecule has 2 aliphatic rings. The molecule has 0 aromatic carbocycles. The first kappa shape index (κ1) is 14.2. The van der Waals surface area contributed by atoms with Crippen molar-refractivity contribution in [3.05, 3.63) is 0 Å². The molecule has 5 nitrogen and oxygen atoms in total. The molecular weight excluding hydrogens is 244 g/mol. The zero-order chi connectivity index (χ0) is 14.1. The summed E-state index contributed by atoms with van der Waals surface area (Å²) in [5.41, 5.74) is -0.336. The number of piperidine rings is 2. The molecule has 0 aromatic rings. The van der Waals surface area contributed by atoms with Crippen molar-refractivity contribution in [3.63, 3.8) is 0 Å². The van der Waals surface area contributed by atoms with Crippen molar-refractivity contribution < 1.29 is 14.3 Å². The Labute approximate surface area is 114 Å². The van der Waals surface area contributed by atoms with Crippen molar-refractivity contribution in [1.29, 1.82) is 0 Å². The molecule has 0 saturated carbocycles. The number of nitrogens with one attached hydrogen (secondary N) is 1. The topological polar surface area (TPSA) is 58.6 Å². The Morgan fingerprint density at radius 1 is 1.26 bits per heavy atom. The number of carbonyl (C=O) groups is 2. The van der Waals surface area contributed by atoms with Gasteiger partial charge in [-0.25, -0.2) is 4.79 Å². The van der Waals surface area contributed by atoms with Gasteiger partial charge in [-0.15, -0.1) is 0 Å². The van der Waals surface area contributed by atoms with E-state index in [0.717, 1.165) is 25.8 Å². The summed E-state index contributed by atoms with van der Waals surface area (Å²) in [4.78, 5) is 25.3. The van der Waals surface area contributed by atoms with E-state index in [1.165, 1.54) is 0 Å². The largest absolute Gasteiger partial charge is 0.444 e. The number of likely N-dealkylation sites (tertiary alicyclic amines) is 1. The van der Waals surface area contributed by atoms with Crippen LogP contribution >= 0.6 is 0 Å². The normalized spacial score (nSPS) is 23.1. The first-order chi connectivity index (χ1) is 8.80. The highest BCUT2D eigenvalue weighted by atomic mass is 16.6. The lowest BCUT2D eigenvalue weighted by Crippen LogP contribution is -2.49. The van der Waals surface area contributed by atoms with Gasteiger partial charge in [-0.3, -0.25) is 4.79 Å². The van der Waals surface area contributed by atoms with Crippen LogP contribution in [0.1, 0.15) is 46.5 Å². The Morgan fingerprint density at radius 3 is 2.42 bits per heavy atom. The average molecular weight is 268 g/mol. The van der Waals surface area contributed by atoms with Gasteiger partial charge in [0.25, 0.3) is 0 Å². The first-order valence-electron chi connectivity index (χ1n) is 7.04. The molecule has 0 atom stereocenters. The Bertz CT molecular complexity index is 365. The van der Waals surface area contributed by atoms with E-state index in [-0.39, 0.29) is 17.4 Å². The molecule has 0 unspecified atom stereocenters. The minimum Gasteiger partial charge on any atom is -0.444 e. The summed E-state index contributed by atoms with van der Waals surface area (Å²) in [6.45, 7) is 7.79. The van der Waals surface area contributed by atoms with Gasteiger partial charge < -0.3 is 15.0 Å². The molecule has 2 aliphatic heterocycles. The Balaban J connectivity index is 1.88. The van der Waals surface area contributed by atoms with Crippen molar-refractivity contribution in [2.24, 2.45) is 5.41 Å². The van der Waals surface area contributed by atoms with E-state index in [1.54, 1.807) is 4.90 Å². The van der Waals surface area contributed by atoms with Gasteiger partial charge in [0.1, 0.15) is 5.60 Å². The van der Waals surface area contributed by atoms with E-state index >= 15 is 0 Å². The van der Waals surface area contributed by atoms with Gasteiger partial charge in [0, 0.05) is 26.1 Å². The second-order valence-corrected chi connectivity index (χ2v) is 6.74. The third kappa shape index (κ3) is 3.61. The van der Waals surface area contributed by atoms with Crippen LogP contribution in [-0.4, -0.2) is 42.1 Å². The number of amides is 2. The molecule has 0 radical (unpaired) electrons. The first-order valence-corrected chi connectivity index (χ1v) is 7.04. The predicted molar refractivity (Wildman–Crippen MR) is 71.7 cm³/mol. The van der Waals surface area contributed by atoms with Crippen LogP contribution in [0.15, 0.2) is 0 Å². The zero-order valence-electron chi connectivity index (χ0n) is 12.1. The molecular formula is C14H24N2O3. The van der Waals surface area contributed by atoms with Crippen molar-refractivity contribution in [1.82, 2.24) is 10.2 Å². The minimum absolute atomic E-state index is 0.112. The number of ether oxygens (including phenoxy) is 1. The maximum atomic E-state index is 12.0. The Hall–Kier alpha value is -1.26. The molecule has 2 saturated heterocycles. The summed E-state index contributed by atoms with van der Waals surface area (Å²) in [5, 5.41) is 2.87. The lowest BCUT2D eigenvalue weighted by molar-refractivity contribution is -0.126. The summed E-state index contributed by atoms with van der Waals surface area (Å²) < 4.78 is 5.38. The summed E-state index contributed by atoms with van der Waals surface area (Å²) in [5.74, 6) is 0.150. The molecule has 5 heteroatoms. The number of hydrogen-bond acceptors (Lipinski definition) is 3. The third-order valence-electron chi connectivity index (χ3n) is 3.99. The van der Waals surface area contributed by atoms with Crippen LogP contribution in [0.4, 0.5) is 4.79 Å². The second-order valence-electron chi connectivity index (χ2n) is 6.74. The molecule has 2 heterocycles. The maximum absolute atomic E-state index is 12.0. The van der Waals surface area contributed by atoms with Gasteiger partial charge in [0.15, 0.2) is 0 Å². The molecule has 0 bridgehead atoms. The van der Waals surface area contributed by atoms with Gasteiger partial charge in [-0.05, 0) is 45.4 Å². The fourth-order valence-electron chi connectivity index (χ4n) is 2.88.